The van der Waals surface area contributed by atoms with E-state index in [0.717, 1.165) is 50.8 Å². The van der Waals surface area contributed by atoms with Crippen LogP contribution in [-0.2, 0) is 4.79 Å². The van der Waals surface area contributed by atoms with Gasteiger partial charge >= 0.3 is 6.03 Å². The van der Waals surface area contributed by atoms with Crippen LogP contribution < -0.4 is 0 Å². The summed E-state index contributed by atoms with van der Waals surface area (Å²) in [4.78, 5) is 30.8. The number of hydrogen-bond acceptors (Lipinski definition) is 3. The molecular weight excluding hydrogens is 318 g/mol. The van der Waals surface area contributed by atoms with Crippen LogP contribution in [0.15, 0.2) is 22.8 Å². The summed E-state index contributed by atoms with van der Waals surface area (Å²) in [6.07, 6.45) is 7.51. The Morgan fingerprint density at radius 2 is 1.84 bits per heavy atom. The average molecular weight is 347 g/mol. The first kappa shape index (κ1) is 17.8. The number of piperidine rings is 1. The van der Waals surface area contributed by atoms with Crippen LogP contribution in [0.3, 0.4) is 0 Å². The highest BCUT2D eigenvalue weighted by Crippen LogP contribution is 2.33. The van der Waals surface area contributed by atoms with E-state index in [2.05, 4.69) is 0 Å². The number of furan rings is 1. The summed E-state index contributed by atoms with van der Waals surface area (Å²) in [7, 11) is 3.54. The highest BCUT2D eigenvalue weighted by molar-refractivity contribution is 5.80. The highest BCUT2D eigenvalue weighted by atomic mass is 16.3. The number of amides is 3. The SMILES string of the molecule is CN(C)C(=O)N1CCC(C(=O)N2CCCCC[C@@H]2c2ccco2)CC1. The Morgan fingerprint density at radius 1 is 1.08 bits per heavy atom. The third-order valence-electron chi connectivity index (χ3n) is 5.40. The van der Waals surface area contributed by atoms with Crippen molar-refractivity contribution in [3.05, 3.63) is 24.2 Å². The Hall–Kier alpha value is -1.98. The van der Waals surface area contributed by atoms with E-state index in [9.17, 15) is 9.59 Å². The van der Waals surface area contributed by atoms with Crippen LogP contribution in [0.5, 0.6) is 0 Å². The lowest BCUT2D eigenvalue weighted by Crippen LogP contribution is -2.47. The molecule has 2 aliphatic rings. The molecule has 3 rings (SSSR count). The second-order valence-corrected chi connectivity index (χ2v) is 7.35. The number of likely N-dealkylation sites (tertiary alicyclic amines) is 2. The van der Waals surface area contributed by atoms with Crippen molar-refractivity contribution >= 4 is 11.9 Å². The van der Waals surface area contributed by atoms with Gasteiger partial charge in [-0.15, -0.1) is 0 Å². The quantitative estimate of drug-likeness (QED) is 0.826. The van der Waals surface area contributed by atoms with Crippen molar-refractivity contribution in [3.8, 4) is 0 Å². The van der Waals surface area contributed by atoms with E-state index in [1.165, 1.54) is 0 Å². The molecule has 3 amide bonds. The maximum absolute atomic E-state index is 13.2. The third kappa shape index (κ3) is 3.99. The zero-order valence-corrected chi connectivity index (χ0v) is 15.3. The van der Waals surface area contributed by atoms with Crippen LogP contribution in [-0.4, -0.2) is 60.4 Å². The molecule has 6 nitrogen and oxygen atoms in total. The smallest absolute Gasteiger partial charge is 0.319 e. The first-order chi connectivity index (χ1) is 12.1. The van der Waals surface area contributed by atoms with Gasteiger partial charge in [-0.05, 0) is 37.8 Å². The van der Waals surface area contributed by atoms with Gasteiger partial charge in [-0.1, -0.05) is 12.8 Å². The van der Waals surface area contributed by atoms with Gasteiger partial charge in [0.25, 0.3) is 0 Å². The van der Waals surface area contributed by atoms with E-state index in [0.29, 0.717) is 13.1 Å². The van der Waals surface area contributed by atoms with Gasteiger partial charge in [0.05, 0.1) is 12.3 Å². The summed E-state index contributed by atoms with van der Waals surface area (Å²) in [5, 5.41) is 0. The summed E-state index contributed by atoms with van der Waals surface area (Å²) in [6.45, 7) is 2.13. The largest absolute Gasteiger partial charge is 0.467 e. The molecule has 0 radical (unpaired) electrons. The Balaban J connectivity index is 1.66. The fourth-order valence-corrected chi connectivity index (χ4v) is 3.98. The van der Waals surface area contributed by atoms with Crippen LogP contribution >= 0.6 is 0 Å². The minimum atomic E-state index is 0.0155. The highest BCUT2D eigenvalue weighted by Gasteiger charge is 2.35. The average Bonchev–Trinajstić information content (AvgIpc) is 3.05. The monoisotopic (exact) mass is 347 g/mol. The van der Waals surface area contributed by atoms with Gasteiger partial charge < -0.3 is 19.1 Å². The van der Waals surface area contributed by atoms with E-state index in [4.69, 9.17) is 4.42 Å². The second-order valence-electron chi connectivity index (χ2n) is 7.35. The lowest BCUT2D eigenvalue weighted by Gasteiger charge is -2.37. The molecule has 0 N–H and O–H groups in total. The van der Waals surface area contributed by atoms with Gasteiger partial charge in [0.15, 0.2) is 0 Å². The summed E-state index contributed by atoms with van der Waals surface area (Å²) >= 11 is 0. The molecule has 2 saturated heterocycles. The van der Waals surface area contributed by atoms with Crippen LogP contribution in [0.2, 0.25) is 0 Å². The second kappa shape index (κ2) is 7.93. The summed E-state index contributed by atoms with van der Waals surface area (Å²) in [5.74, 6) is 1.15. The minimum Gasteiger partial charge on any atom is -0.467 e. The van der Waals surface area contributed by atoms with Crippen molar-refractivity contribution in [1.29, 1.82) is 0 Å². The van der Waals surface area contributed by atoms with Crippen LogP contribution in [0.4, 0.5) is 4.79 Å². The molecule has 1 atom stereocenters. The number of hydrogen-bond donors (Lipinski definition) is 0. The topological polar surface area (TPSA) is 57.0 Å². The predicted octanol–water partition coefficient (Wildman–Crippen LogP) is 3.12. The number of rotatable bonds is 2. The predicted molar refractivity (Wildman–Crippen MR) is 95.0 cm³/mol. The van der Waals surface area contributed by atoms with Crippen molar-refractivity contribution in [2.24, 2.45) is 5.92 Å². The molecule has 138 valence electrons. The lowest BCUT2D eigenvalue weighted by atomic mass is 9.94. The number of carbonyl (C=O) groups is 2. The number of nitrogens with zero attached hydrogens (tertiary/aromatic N) is 3. The zero-order valence-electron chi connectivity index (χ0n) is 15.3. The lowest BCUT2D eigenvalue weighted by molar-refractivity contribution is -0.139. The summed E-state index contributed by atoms with van der Waals surface area (Å²) in [5.41, 5.74) is 0. The molecule has 1 aromatic rings. The molecule has 0 unspecified atom stereocenters. The molecule has 0 aliphatic carbocycles. The Labute approximate surface area is 149 Å². The van der Waals surface area contributed by atoms with Gasteiger partial charge in [-0.3, -0.25) is 4.79 Å². The molecule has 3 heterocycles. The molecule has 0 saturated carbocycles. The Morgan fingerprint density at radius 3 is 2.48 bits per heavy atom. The van der Waals surface area contributed by atoms with Gasteiger partial charge in [-0.25, -0.2) is 4.79 Å². The van der Waals surface area contributed by atoms with E-state index in [1.54, 1.807) is 25.3 Å². The fraction of sp³-hybridized carbons (Fsp3) is 0.684. The molecular formula is C19H29N3O3. The van der Waals surface area contributed by atoms with E-state index in [1.807, 2.05) is 21.9 Å². The molecule has 25 heavy (non-hydrogen) atoms. The first-order valence-corrected chi connectivity index (χ1v) is 9.38. The maximum Gasteiger partial charge on any atom is 0.319 e. The summed E-state index contributed by atoms with van der Waals surface area (Å²) < 4.78 is 5.62. The molecule has 6 heteroatoms. The first-order valence-electron chi connectivity index (χ1n) is 9.38. The molecule has 2 fully saturated rings. The van der Waals surface area contributed by atoms with E-state index >= 15 is 0 Å². The van der Waals surface area contributed by atoms with Crippen molar-refractivity contribution in [1.82, 2.24) is 14.7 Å². The van der Waals surface area contributed by atoms with Gasteiger partial charge in [-0.2, -0.15) is 0 Å². The van der Waals surface area contributed by atoms with Crippen LogP contribution in [0.25, 0.3) is 0 Å². The van der Waals surface area contributed by atoms with Crippen LogP contribution in [0, 0.1) is 5.92 Å². The molecule has 0 spiro atoms. The van der Waals surface area contributed by atoms with Gasteiger partial charge in [0.1, 0.15) is 5.76 Å². The summed E-state index contributed by atoms with van der Waals surface area (Å²) in [6, 6.07) is 3.98. The molecule has 1 aromatic heterocycles. The molecule has 0 bridgehead atoms. The fourth-order valence-electron chi connectivity index (χ4n) is 3.98. The zero-order chi connectivity index (χ0) is 17.8. The number of urea groups is 1. The maximum atomic E-state index is 13.2. The van der Waals surface area contributed by atoms with E-state index in [-0.39, 0.29) is 23.9 Å². The van der Waals surface area contributed by atoms with Crippen molar-refractivity contribution in [2.75, 3.05) is 33.7 Å². The van der Waals surface area contributed by atoms with Crippen molar-refractivity contribution in [3.63, 3.8) is 0 Å². The van der Waals surface area contributed by atoms with E-state index < -0.39 is 0 Å². The van der Waals surface area contributed by atoms with Crippen molar-refractivity contribution in [2.45, 2.75) is 44.6 Å². The van der Waals surface area contributed by atoms with Crippen molar-refractivity contribution < 1.29 is 14.0 Å². The Bertz CT molecular complexity index is 577. The minimum absolute atomic E-state index is 0.0155. The molecule has 0 aromatic carbocycles. The normalized spacial score (nSPS) is 22.6. The standard InChI is InChI=1S/C19H29N3O3/c1-20(2)19(24)21-12-9-15(10-13-21)18(23)22-11-5-3-4-7-16(22)17-8-6-14-25-17/h6,8,14-16H,3-5,7,9-13H2,1-2H3/t16-/m1/s1. The van der Waals surface area contributed by atoms with Gasteiger partial charge in [0.2, 0.25) is 5.91 Å². The molecule has 2 aliphatic heterocycles. The third-order valence-corrected chi connectivity index (χ3v) is 5.40. The van der Waals surface area contributed by atoms with Gasteiger partial charge in [0, 0.05) is 39.6 Å². The van der Waals surface area contributed by atoms with Crippen LogP contribution in [0.1, 0.15) is 50.3 Å². The number of carbonyl (C=O) groups excluding carboxylic acids is 2. The Kier molecular flexibility index (Phi) is 5.66.